The number of imidazole rings is 1. The molecule has 0 aliphatic heterocycles. The molecule has 0 saturated carbocycles. The van der Waals surface area contributed by atoms with Crippen LogP contribution < -0.4 is 0 Å². The van der Waals surface area contributed by atoms with Crippen LogP contribution in [0.3, 0.4) is 0 Å². The fourth-order valence-electron chi connectivity index (χ4n) is 3.13. The number of aryl methyl sites for hydroxylation is 1. The van der Waals surface area contributed by atoms with Crippen molar-refractivity contribution in [2.45, 2.75) is 45.8 Å². The minimum absolute atomic E-state index is 0.680. The lowest BCUT2D eigenvalue weighted by atomic mass is 9.99. The first kappa shape index (κ1) is 18.9. The van der Waals surface area contributed by atoms with E-state index in [1.54, 1.807) is 13.8 Å². The zero-order valence-corrected chi connectivity index (χ0v) is 16.1. The Morgan fingerprint density at radius 1 is 1.11 bits per heavy atom. The van der Waals surface area contributed by atoms with E-state index in [1.807, 2.05) is 30.5 Å². The molecule has 0 aliphatic carbocycles. The van der Waals surface area contributed by atoms with Crippen molar-refractivity contribution in [1.82, 2.24) is 9.55 Å². The molecule has 3 rings (SSSR count). The Morgan fingerprint density at radius 3 is 2.44 bits per heavy atom. The second-order valence-corrected chi connectivity index (χ2v) is 7.33. The molecule has 0 radical (unpaired) electrons. The molecule has 0 aliphatic rings. The maximum atomic E-state index is 10.3. The Hall–Kier alpha value is -2.90. The van der Waals surface area contributed by atoms with E-state index in [0.717, 1.165) is 35.4 Å². The molecule has 27 heavy (non-hydrogen) atoms. The number of nitrogens with zero attached hydrogens (tertiary/aromatic N) is 3. The Balaban J connectivity index is 1.87. The standard InChI is InChI=1S/C23H25N3O/c1-4-7-22-25-21(23(2,3)27)16-26(22)15-17-10-12-18(13-11-17)20-9-6-5-8-19(20)14-24/h5-6,8-13,16,27H,4,7,15H2,1-3H3. The number of aromatic nitrogens is 2. The van der Waals surface area contributed by atoms with Crippen molar-refractivity contribution in [1.29, 1.82) is 5.26 Å². The van der Waals surface area contributed by atoms with Gasteiger partial charge in [0.05, 0.1) is 17.3 Å². The van der Waals surface area contributed by atoms with Gasteiger partial charge in [-0.25, -0.2) is 4.98 Å². The predicted molar refractivity (Wildman–Crippen MR) is 107 cm³/mol. The fourth-order valence-corrected chi connectivity index (χ4v) is 3.13. The second-order valence-electron chi connectivity index (χ2n) is 7.33. The highest BCUT2D eigenvalue weighted by Crippen LogP contribution is 2.24. The van der Waals surface area contributed by atoms with Crippen LogP contribution in [0.1, 0.15) is 49.8 Å². The SMILES string of the molecule is CCCc1nc(C(C)(C)O)cn1Cc1ccc(-c2ccccc2C#N)cc1. The lowest BCUT2D eigenvalue weighted by Gasteiger charge is -2.13. The highest BCUT2D eigenvalue weighted by molar-refractivity contribution is 5.70. The van der Waals surface area contributed by atoms with E-state index in [1.165, 1.54) is 0 Å². The Labute approximate surface area is 160 Å². The van der Waals surface area contributed by atoms with Gasteiger partial charge < -0.3 is 9.67 Å². The summed E-state index contributed by atoms with van der Waals surface area (Å²) in [5.74, 6) is 0.994. The van der Waals surface area contributed by atoms with Crippen LogP contribution in [-0.4, -0.2) is 14.7 Å². The van der Waals surface area contributed by atoms with Crippen LogP contribution in [-0.2, 0) is 18.6 Å². The molecule has 1 heterocycles. The number of nitriles is 1. The van der Waals surface area contributed by atoms with E-state index >= 15 is 0 Å². The second kappa shape index (κ2) is 7.77. The molecule has 0 amide bonds. The zero-order valence-electron chi connectivity index (χ0n) is 16.1. The number of aliphatic hydroxyl groups is 1. The van der Waals surface area contributed by atoms with Gasteiger partial charge in [-0.15, -0.1) is 0 Å². The predicted octanol–water partition coefficient (Wildman–Crippen LogP) is 4.65. The number of rotatable bonds is 6. The van der Waals surface area contributed by atoms with E-state index in [2.05, 4.69) is 46.8 Å². The molecule has 0 atom stereocenters. The minimum Gasteiger partial charge on any atom is -0.384 e. The summed E-state index contributed by atoms with van der Waals surface area (Å²) in [5.41, 5.74) is 3.58. The first-order chi connectivity index (χ1) is 12.9. The molecule has 1 N–H and O–H groups in total. The van der Waals surface area contributed by atoms with Gasteiger partial charge in [0, 0.05) is 19.2 Å². The van der Waals surface area contributed by atoms with Gasteiger partial charge in [-0.05, 0) is 43.0 Å². The van der Waals surface area contributed by atoms with Crippen LogP contribution in [0.4, 0.5) is 0 Å². The first-order valence-corrected chi connectivity index (χ1v) is 9.29. The summed E-state index contributed by atoms with van der Waals surface area (Å²) in [6.45, 7) is 6.36. The van der Waals surface area contributed by atoms with Crippen molar-refractivity contribution in [3.63, 3.8) is 0 Å². The summed E-state index contributed by atoms with van der Waals surface area (Å²) < 4.78 is 2.12. The molecule has 1 aromatic heterocycles. The largest absolute Gasteiger partial charge is 0.384 e. The van der Waals surface area contributed by atoms with Crippen LogP contribution in [0.25, 0.3) is 11.1 Å². The Morgan fingerprint density at radius 2 is 1.81 bits per heavy atom. The first-order valence-electron chi connectivity index (χ1n) is 9.29. The molecule has 0 saturated heterocycles. The Bertz CT molecular complexity index is 957. The summed E-state index contributed by atoms with van der Waals surface area (Å²) in [6.07, 6.45) is 3.83. The van der Waals surface area contributed by atoms with Crippen molar-refractivity contribution < 1.29 is 5.11 Å². The zero-order chi connectivity index (χ0) is 19.4. The third kappa shape index (κ3) is 4.27. The van der Waals surface area contributed by atoms with Crippen molar-refractivity contribution in [3.05, 3.63) is 77.4 Å². The summed E-state index contributed by atoms with van der Waals surface area (Å²) in [7, 11) is 0. The normalized spacial score (nSPS) is 11.4. The van der Waals surface area contributed by atoms with Gasteiger partial charge in [-0.2, -0.15) is 5.26 Å². The van der Waals surface area contributed by atoms with Crippen LogP contribution in [0.2, 0.25) is 0 Å². The third-order valence-electron chi connectivity index (χ3n) is 4.62. The van der Waals surface area contributed by atoms with Crippen LogP contribution in [0, 0.1) is 11.3 Å². The van der Waals surface area contributed by atoms with E-state index in [9.17, 15) is 10.4 Å². The number of benzene rings is 2. The summed E-state index contributed by atoms with van der Waals surface area (Å²) >= 11 is 0. The Kier molecular flexibility index (Phi) is 5.43. The molecular formula is C23H25N3O. The van der Waals surface area contributed by atoms with Crippen molar-refractivity contribution in [2.75, 3.05) is 0 Å². The van der Waals surface area contributed by atoms with Crippen molar-refractivity contribution in [2.24, 2.45) is 0 Å². The van der Waals surface area contributed by atoms with Gasteiger partial charge >= 0.3 is 0 Å². The van der Waals surface area contributed by atoms with Gasteiger partial charge in [0.15, 0.2) is 0 Å². The van der Waals surface area contributed by atoms with Crippen molar-refractivity contribution in [3.8, 4) is 17.2 Å². The molecule has 4 heteroatoms. The van der Waals surface area contributed by atoms with E-state index < -0.39 is 5.60 Å². The van der Waals surface area contributed by atoms with Gasteiger partial charge in [0.2, 0.25) is 0 Å². The van der Waals surface area contributed by atoms with Gasteiger partial charge in [-0.3, -0.25) is 0 Å². The monoisotopic (exact) mass is 359 g/mol. The topological polar surface area (TPSA) is 61.8 Å². The highest BCUT2D eigenvalue weighted by Gasteiger charge is 2.21. The number of hydrogen-bond donors (Lipinski definition) is 1. The molecule has 3 aromatic rings. The molecule has 0 spiro atoms. The smallest absolute Gasteiger partial charge is 0.109 e. The third-order valence-corrected chi connectivity index (χ3v) is 4.62. The summed E-state index contributed by atoms with van der Waals surface area (Å²) in [6, 6.07) is 18.2. The van der Waals surface area contributed by atoms with Gasteiger partial charge in [0.25, 0.3) is 0 Å². The van der Waals surface area contributed by atoms with E-state index in [-0.39, 0.29) is 0 Å². The minimum atomic E-state index is -0.946. The molecule has 0 unspecified atom stereocenters. The van der Waals surface area contributed by atoms with Crippen LogP contribution in [0.15, 0.2) is 54.7 Å². The van der Waals surface area contributed by atoms with E-state index in [4.69, 9.17) is 0 Å². The number of hydrogen-bond acceptors (Lipinski definition) is 3. The molecule has 2 aromatic carbocycles. The maximum absolute atomic E-state index is 10.3. The van der Waals surface area contributed by atoms with Gasteiger partial charge in [0.1, 0.15) is 11.4 Å². The lowest BCUT2D eigenvalue weighted by Crippen LogP contribution is -2.15. The molecule has 138 valence electrons. The summed E-state index contributed by atoms with van der Waals surface area (Å²) in [4.78, 5) is 4.63. The highest BCUT2D eigenvalue weighted by atomic mass is 16.3. The van der Waals surface area contributed by atoms with Crippen LogP contribution >= 0.6 is 0 Å². The average Bonchev–Trinajstić information content (AvgIpc) is 3.06. The average molecular weight is 359 g/mol. The lowest BCUT2D eigenvalue weighted by molar-refractivity contribution is 0.0741. The quantitative estimate of drug-likeness (QED) is 0.697. The molecule has 0 bridgehead atoms. The van der Waals surface area contributed by atoms with Crippen LogP contribution in [0.5, 0.6) is 0 Å². The fraction of sp³-hybridized carbons (Fsp3) is 0.304. The molecular weight excluding hydrogens is 334 g/mol. The molecule has 4 nitrogen and oxygen atoms in total. The summed E-state index contributed by atoms with van der Waals surface area (Å²) in [5, 5.41) is 19.6. The molecule has 0 fully saturated rings. The maximum Gasteiger partial charge on any atom is 0.109 e. The van der Waals surface area contributed by atoms with E-state index in [0.29, 0.717) is 17.8 Å². The van der Waals surface area contributed by atoms with Crippen molar-refractivity contribution >= 4 is 0 Å². The van der Waals surface area contributed by atoms with Gasteiger partial charge in [-0.1, -0.05) is 49.4 Å².